The zero-order chi connectivity index (χ0) is 14.0. The van der Waals surface area contributed by atoms with Crippen LogP contribution in [0.4, 0.5) is 0 Å². The van der Waals surface area contributed by atoms with E-state index in [9.17, 15) is 9.59 Å². The molecule has 19 heavy (non-hydrogen) atoms. The van der Waals surface area contributed by atoms with Gasteiger partial charge in [0.05, 0.1) is 12.3 Å². The molecule has 4 nitrogen and oxygen atoms in total. The number of rotatable bonds is 3. The Hall–Kier alpha value is -1.55. The van der Waals surface area contributed by atoms with E-state index >= 15 is 0 Å². The molecule has 2 unspecified atom stereocenters. The van der Waals surface area contributed by atoms with E-state index in [0.717, 1.165) is 5.56 Å². The molecule has 0 radical (unpaired) electrons. The summed E-state index contributed by atoms with van der Waals surface area (Å²) in [4.78, 5) is 24.8. The van der Waals surface area contributed by atoms with Crippen LogP contribution in [0.2, 0.25) is 5.02 Å². The summed E-state index contributed by atoms with van der Waals surface area (Å²) >= 11 is 5.79. The molecule has 0 aliphatic carbocycles. The quantitative estimate of drug-likeness (QED) is 0.923. The Morgan fingerprint density at radius 3 is 2.47 bits per heavy atom. The van der Waals surface area contributed by atoms with Gasteiger partial charge in [0.2, 0.25) is 5.91 Å². The highest BCUT2D eigenvalue weighted by Crippen LogP contribution is 2.24. The average molecular weight is 282 g/mol. The highest BCUT2D eigenvalue weighted by Gasteiger charge is 2.36. The average Bonchev–Trinajstić information content (AvgIpc) is 2.74. The van der Waals surface area contributed by atoms with Crippen LogP contribution < -0.4 is 0 Å². The van der Waals surface area contributed by atoms with Gasteiger partial charge in [0, 0.05) is 18.1 Å². The summed E-state index contributed by atoms with van der Waals surface area (Å²) in [7, 11) is 0. The fourth-order valence-electron chi connectivity index (χ4n) is 2.38. The van der Waals surface area contributed by atoms with Gasteiger partial charge < -0.3 is 10.0 Å². The fourth-order valence-corrected chi connectivity index (χ4v) is 2.51. The lowest BCUT2D eigenvalue weighted by Crippen LogP contribution is -2.31. The Kier molecular flexibility index (Phi) is 4.10. The van der Waals surface area contributed by atoms with Crippen LogP contribution in [0.1, 0.15) is 12.5 Å². The van der Waals surface area contributed by atoms with E-state index in [1.165, 1.54) is 0 Å². The second-order valence-electron chi connectivity index (χ2n) is 5.02. The van der Waals surface area contributed by atoms with Crippen molar-refractivity contribution < 1.29 is 14.7 Å². The Bertz CT molecular complexity index is 486. The summed E-state index contributed by atoms with van der Waals surface area (Å²) in [6, 6.07) is 7.12. The number of nitrogens with zero attached hydrogens (tertiary/aromatic N) is 1. The molecule has 0 spiro atoms. The highest BCUT2D eigenvalue weighted by atomic mass is 35.5. The normalized spacial score (nSPS) is 22.5. The third kappa shape index (κ3) is 3.26. The van der Waals surface area contributed by atoms with Gasteiger partial charge in [-0.15, -0.1) is 0 Å². The van der Waals surface area contributed by atoms with Crippen molar-refractivity contribution in [3.05, 3.63) is 34.9 Å². The second kappa shape index (κ2) is 5.61. The molecule has 1 amide bonds. The number of hydrogen-bond donors (Lipinski definition) is 1. The summed E-state index contributed by atoms with van der Waals surface area (Å²) < 4.78 is 0. The van der Waals surface area contributed by atoms with Crippen LogP contribution in [-0.4, -0.2) is 35.0 Å². The Balaban J connectivity index is 1.98. The van der Waals surface area contributed by atoms with E-state index in [2.05, 4.69) is 0 Å². The molecule has 1 aromatic carbocycles. The molecular weight excluding hydrogens is 266 g/mol. The molecule has 1 saturated heterocycles. The summed E-state index contributed by atoms with van der Waals surface area (Å²) in [5, 5.41) is 9.69. The van der Waals surface area contributed by atoms with Gasteiger partial charge in [-0.25, -0.2) is 0 Å². The summed E-state index contributed by atoms with van der Waals surface area (Å²) in [6.45, 7) is 2.70. The van der Waals surface area contributed by atoms with Crippen molar-refractivity contribution in [2.45, 2.75) is 13.3 Å². The van der Waals surface area contributed by atoms with Crippen molar-refractivity contribution in [3.8, 4) is 0 Å². The monoisotopic (exact) mass is 281 g/mol. The molecule has 5 heteroatoms. The zero-order valence-corrected chi connectivity index (χ0v) is 11.4. The van der Waals surface area contributed by atoms with Crippen LogP contribution in [0.15, 0.2) is 24.3 Å². The first kappa shape index (κ1) is 13.9. The van der Waals surface area contributed by atoms with Crippen LogP contribution in [0.25, 0.3) is 0 Å². The van der Waals surface area contributed by atoms with Gasteiger partial charge >= 0.3 is 5.97 Å². The Morgan fingerprint density at radius 1 is 1.32 bits per heavy atom. The lowest BCUT2D eigenvalue weighted by atomic mass is 9.99. The minimum absolute atomic E-state index is 0.00617. The maximum absolute atomic E-state index is 12.1. The molecule has 102 valence electrons. The van der Waals surface area contributed by atoms with E-state index in [-0.39, 0.29) is 18.2 Å². The first-order valence-corrected chi connectivity index (χ1v) is 6.60. The fraction of sp³-hybridized carbons (Fsp3) is 0.429. The van der Waals surface area contributed by atoms with Crippen LogP contribution >= 0.6 is 11.6 Å². The minimum Gasteiger partial charge on any atom is -0.481 e. The molecule has 0 saturated carbocycles. The molecule has 0 aromatic heterocycles. The number of hydrogen-bond acceptors (Lipinski definition) is 2. The van der Waals surface area contributed by atoms with Crippen molar-refractivity contribution in [2.24, 2.45) is 11.8 Å². The van der Waals surface area contributed by atoms with Gasteiger partial charge in [-0.3, -0.25) is 9.59 Å². The summed E-state index contributed by atoms with van der Waals surface area (Å²) in [5.74, 6) is -1.30. The van der Waals surface area contributed by atoms with Crippen molar-refractivity contribution in [1.82, 2.24) is 4.90 Å². The molecule has 2 rings (SSSR count). The molecule has 1 aliphatic heterocycles. The first-order valence-electron chi connectivity index (χ1n) is 6.22. The van der Waals surface area contributed by atoms with E-state index < -0.39 is 11.9 Å². The standard InChI is InChI=1S/C14H16ClNO3/c1-9-7-16(8-12(9)14(18)19)13(17)6-10-2-4-11(15)5-3-10/h2-5,9,12H,6-8H2,1H3,(H,18,19). The maximum Gasteiger partial charge on any atom is 0.308 e. The number of likely N-dealkylation sites (tertiary alicyclic amines) is 1. The number of carboxylic acids is 1. The Morgan fingerprint density at radius 2 is 1.95 bits per heavy atom. The molecule has 0 bridgehead atoms. The zero-order valence-electron chi connectivity index (χ0n) is 10.7. The molecule has 2 atom stereocenters. The number of halogens is 1. The SMILES string of the molecule is CC1CN(C(=O)Cc2ccc(Cl)cc2)CC1C(=O)O. The largest absolute Gasteiger partial charge is 0.481 e. The van der Waals surface area contributed by atoms with Crippen molar-refractivity contribution in [2.75, 3.05) is 13.1 Å². The minimum atomic E-state index is -0.825. The van der Waals surface area contributed by atoms with Gasteiger partial charge in [-0.2, -0.15) is 0 Å². The van der Waals surface area contributed by atoms with Gasteiger partial charge in [-0.1, -0.05) is 30.7 Å². The van der Waals surface area contributed by atoms with Gasteiger partial charge in [0.1, 0.15) is 0 Å². The molecule has 1 aromatic rings. The second-order valence-corrected chi connectivity index (χ2v) is 5.46. The van der Waals surface area contributed by atoms with Crippen molar-refractivity contribution >= 4 is 23.5 Å². The van der Waals surface area contributed by atoms with Gasteiger partial charge in [-0.05, 0) is 23.6 Å². The highest BCUT2D eigenvalue weighted by molar-refractivity contribution is 6.30. The predicted molar refractivity (Wildman–Crippen MR) is 72.0 cm³/mol. The lowest BCUT2D eigenvalue weighted by molar-refractivity contribution is -0.142. The summed E-state index contributed by atoms with van der Waals surface area (Å²) in [6.07, 6.45) is 0.288. The smallest absolute Gasteiger partial charge is 0.308 e. The van der Waals surface area contributed by atoms with Crippen LogP contribution in [-0.2, 0) is 16.0 Å². The number of carbonyl (C=O) groups excluding carboxylic acids is 1. The number of benzene rings is 1. The van der Waals surface area contributed by atoms with E-state index in [0.29, 0.717) is 18.1 Å². The van der Waals surface area contributed by atoms with E-state index in [1.54, 1.807) is 17.0 Å². The molecule has 1 heterocycles. The van der Waals surface area contributed by atoms with E-state index in [4.69, 9.17) is 16.7 Å². The molecule has 1 N–H and O–H groups in total. The van der Waals surface area contributed by atoms with Gasteiger partial charge in [0.25, 0.3) is 0 Å². The number of carboxylic acid groups (broad SMARTS) is 1. The number of aliphatic carboxylic acids is 1. The van der Waals surface area contributed by atoms with Gasteiger partial charge in [0.15, 0.2) is 0 Å². The van der Waals surface area contributed by atoms with Crippen molar-refractivity contribution in [1.29, 1.82) is 0 Å². The van der Waals surface area contributed by atoms with Crippen LogP contribution in [0, 0.1) is 11.8 Å². The lowest BCUT2D eigenvalue weighted by Gasteiger charge is -2.15. The predicted octanol–water partition coefficient (Wildman–Crippen LogP) is 2.06. The van der Waals surface area contributed by atoms with E-state index in [1.807, 2.05) is 19.1 Å². The first-order chi connectivity index (χ1) is 8.97. The van der Waals surface area contributed by atoms with Crippen LogP contribution in [0.5, 0.6) is 0 Å². The third-order valence-corrected chi connectivity index (χ3v) is 3.80. The number of amides is 1. The third-order valence-electron chi connectivity index (χ3n) is 3.55. The van der Waals surface area contributed by atoms with Crippen molar-refractivity contribution in [3.63, 3.8) is 0 Å². The van der Waals surface area contributed by atoms with Crippen LogP contribution in [0.3, 0.4) is 0 Å². The molecular formula is C14H16ClNO3. The maximum atomic E-state index is 12.1. The Labute approximate surface area is 117 Å². The molecule has 1 aliphatic rings. The summed E-state index contributed by atoms with van der Waals surface area (Å²) in [5.41, 5.74) is 0.890. The molecule has 1 fully saturated rings. The topological polar surface area (TPSA) is 57.6 Å². The number of carbonyl (C=O) groups is 2.